The topological polar surface area (TPSA) is 57.8 Å². The van der Waals surface area contributed by atoms with Crippen molar-refractivity contribution in [2.24, 2.45) is 0 Å². The minimum absolute atomic E-state index is 0.159. The maximum Gasteiger partial charge on any atom is 0.258 e. The summed E-state index contributed by atoms with van der Waals surface area (Å²) in [5, 5.41) is 12.4. The summed E-state index contributed by atoms with van der Waals surface area (Å²) in [5.74, 6) is -0.159. The van der Waals surface area contributed by atoms with Gasteiger partial charge in [0.2, 0.25) is 0 Å². The minimum Gasteiger partial charge on any atom is -0.322 e. The number of nitrogens with one attached hydrogen (secondary N) is 2. The van der Waals surface area contributed by atoms with E-state index in [2.05, 4.69) is 15.5 Å². The Bertz CT molecular complexity index is 657. The Morgan fingerprint density at radius 2 is 2.29 bits per heavy atom. The van der Waals surface area contributed by atoms with Crippen molar-refractivity contribution in [2.75, 3.05) is 5.32 Å². The van der Waals surface area contributed by atoms with E-state index in [1.165, 1.54) is 10.9 Å². The van der Waals surface area contributed by atoms with Gasteiger partial charge in [0.1, 0.15) is 0 Å². The molecular weight excluding hydrogens is 234 g/mol. The van der Waals surface area contributed by atoms with Gasteiger partial charge < -0.3 is 5.32 Å². The number of nitrogens with zero attached hydrogens (tertiary/aromatic N) is 1. The average Bonchev–Trinajstić information content (AvgIpc) is 2.99. The number of fused-ring (bicyclic) bond motifs is 1. The molecule has 0 aliphatic rings. The zero-order valence-corrected chi connectivity index (χ0v) is 9.62. The molecule has 0 saturated carbocycles. The van der Waals surface area contributed by atoms with E-state index in [1.807, 2.05) is 29.6 Å². The summed E-state index contributed by atoms with van der Waals surface area (Å²) in [7, 11) is 0. The molecule has 0 unspecified atom stereocenters. The van der Waals surface area contributed by atoms with Crippen LogP contribution in [0.5, 0.6) is 0 Å². The van der Waals surface area contributed by atoms with Crippen molar-refractivity contribution in [3.63, 3.8) is 0 Å². The van der Waals surface area contributed by atoms with E-state index < -0.39 is 0 Å². The highest BCUT2D eigenvalue weighted by Gasteiger charge is 2.07. The lowest BCUT2D eigenvalue weighted by atomic mass is 10.2. The molecule has 0 bridgehead atoms. The van der Waals surface area contributed by atoms with Crippen LogP contribution in [0.3, 0.4) is 0 Å². The van der Waals surface area contributed by atoms with Gasteiger partial charge in [0.15, 0.2) is 0 Å². The van der Waals surface area contributed by atoms with Crippen molar-refractivity contribution < 1.29 is 4.79 Å². The van der Waals surface area contributed by atoms with Crippen LogP contribution >= 0.6 is 11.3 Å². The van der Waals surface area contributed by atoms with E-state index in [0.717, 1.165) is 11.1 Å². The largest absolute Gasteiger partial charge is 0.322 e. The van der Waals surface area contributed by atoms with Crippen LogP contribution in [0.1, 0.15) is 10.4 Å². The lowest BCUT2D eigenvalue weighted by Crippen LogP contribution is -2.10. The Morgan fingerprint density at radius 3 is 3.12 bits per heavy atom. The molecule has 5 heteroatoms. The molecule has 2 heterocycles. The summed E-state index contributed by atoms with van der Waals surface area (Å²) < 4.78 is 1.21. The highest BCUT2D eigenvalue weighted by Crippen LogP contribution is 2.24. The van der Waals surface area contributed by atoms with Crippen LogP contribution in [-0.4, -0.2) is 16.1 Å². The normalized spacial score (nSPS) is 10.6. The maximum atomic E-state index is 11.8. The first kappa shape index (κ1) is 10.0. The van der Waals surface area contributed by atoms with E-state index in [-0.39, 0.29) is 5.91 Å². The number of aromatic amines is 1. The third-order valence-electron chi connectivity index (χ3n) is 2.47. The zero-order chi connectivity index (χ0) is 11.7. The van der Waals surface area contributed by atoms with Gasteiger partial charge in [0, 0.05) is 16.6 Å². The molecule has 1 aromatic carbocycles. The van der Waals surface area contributed by atoms with Gasteiger partial charge in [-0.2, -0.15) is 5.10 Å². The first-order valence-corrected chi connectivity index (χ1v) is 5.98. The Morgan fingerprint density at radius 1 is 1.35 bits per heavy atom. The summed E-state index contributed by atoms with van der Waals surface area (Å²) in [5.41, 5.74) is 1.32. The van der Waals surface area contributed by atoms with E-state index in [0.29, 0.717) is 5.56 Å². The minimum atomic E-state index is -0.159. The lowest BCUT2D eigenvalue weighted by Gasteiger charge is -2.03. The number of carbonyl (C=O) groups is 1. The number of thiophene rings is 1. The maximum absolute atomic E-state index is 11.8. The number of amides is 1. The third kappa shape index (κ3) is 1.92. The highest BCUT2D eigenvalue weighted by atomic mass is 32.1. The van der Waals surface area contributed by atoms with E-state index >= 15 is 0 Å². The predicted octanol–water partition coefficient (Wildman–Crippen LogP) is 2.88. The van der Waals surface area contributed by atoms with Gasteiger partial charge in [-0.1, -0.05) is 0 Å². The molecule has 84 valence electrons. The molecule has 3 rings (SSSR count). The summed E-state index contributed by atoms with van der Waals surface area (Å²) in [6.07, 6.45) is 3.07. The Balaban J connectivity index is 1.87. The summed E-state index contributed by atoms with van der Waals surface area (Å²) >= 11 is 1.68. The summed E-state index contributed by atoms with van der Waals surface area (Å²) in [6, 6.07) is 7.90. The van der Waals surface area contributed by atoms with Gasteiger partial charge in [0.25, 0.3) is 5.91 Å². The van der Waals surface area contributed by atoms with Crippen LogP contribution < -0.4 is 5.32 Å². The molecule has 1 amide bonds. The second kappa shape index (κ2) is 4.03. The molecule has 0 spiro atoms. The van der Waals surface area contributed by atoms with Crippen LogP contribution in [0.2, 0.25) is 0 Å². The number of benzene rings is 1. The first-order valence-electron chi connectivity index (χ1n) is 5.10. The van der Waals surface area contributed by atoms with Crippen molar-refractivity contribution in [1.29, 1.82) is 0 Å². The van der Waals surface area contributed by atoms with Crippen molar-refractivity contribution in [3.05, 3.63) is 47.6 Å². The van der Waals surface area contributed by atoms with Crippen molar-refractivity contribution in [3.8, 4) is 0 Å². The smallest absolute Gasteiger partial charge is 0.258 e. The SMILES string of the molecule is O=C(Nc1ccc2sccc2c1)c1cn[nH]c1. The van der Waals surface area contributed by atoms with Crippen molar-refractivity contribution in [2.45, 2.75) is 0 Å². The number of aromatic nitrogens is 2. The molecule has 0 fully saturated rings. The standard InChI is InChI=1S/C12H9N3OS/c16-12(9-6-13-14-7-9)15-10-1-2-11-8(5-10)3-4-17-11/h1-7H,(H,13,14)(H,15,16). The molecular formula is C12H9N3OS. The van der Waals surface area contributed by atoms with Gasteiger partial charge in [-0.3, -0.25) is 9.89 Å². The fraction of sp³-hybridized carbons (Fsp3) is 0. The molecule has 2 aromatic heterocycles. The van der Waals surface area contributed by atoms with E-state index in [4.69, 9.17) is 0 Å². The molecule has 0 aliphatic heterocycles. The van der Waals surface area contributed by atoms with Gasteiger partial charge in [0.05, 0.1) is 11.8 Å². The van der Waals surface area contributed by atoms with Gasteiger partial charge in [-0.05, 0) is 35.0 Å². The number of hydrogen-bond donors (Lipinski definition) is 2. The first-order chi connectivity index (χ1) is 8.33. The summed E-state index contributed by atoms with van der Waals surface area (Å²) in [4.78, 5) is 11.8. The molecule has 0 aliphatic carbocycles. The molecule has 17 heavy (non-hydrogen) atoms. The highest BCUT2D eigenvalue weighted by molar-refractivity contribution is 7.17. The Labute approximate surface area is 101 Å². The quantitative estimate of drug-likeness (QED) is 0.727. The van der Waals surface area contributed by atoms with Crippen molar-refractivity contribution in [1.82, 2.24) is 10.2 Å². The molecule has 4 nitrogen and oxygen atoms in total. The molecule has 0 atom stereocenters. The van der Waals surface area contributed by atoms with Crippen LogP contribution in [0.25, 0.3) is 10.1 Å². The molecule has 0 saturated heterocycles. The number of anilines is 1. The fourth-order valence-electron chi connectivity index (χ4n) is 1.62. The van der Waals surface area contributed by atoms with Gasteiger partial charge >= 0.3 is 0 Å². The van der Waals surface area contributed by atoms with Crippen LogP contribution in [-0.2, 0) is 0 Å². The number of H-pyrrole nitrogens is 1. The number of rotatable bonds is 2. The molecule has 2 N–H and O–H groups in total. The van der Waals surface area contributed by atoms with E-state index in [1.54, 1.807) is 17.5 Å². The lowest BCUT2D eigenvalue weighted by molar-refractivity contribution is 0.102. The molecule has 3 aromatic rings. The zero-order valence-electron chi connectivity index (χ0n) is 8.81. The van der Waals surface area contributed by atoms with E-state index in [9.17, 15) is 4.79 Å². The molecule has 0 radical (unpaired) electrons. The Hall–Kier alpha value is -2.14. The monoisotopic (exact) mass is 243 g/mol. The number of carbonyl (C=O) groups excluding carboxylic acids is 1. The second-order valence-electron chi connectivity index (χ2n) is 3.61. The number of hydrogen-bond acceptors (Lipinski definition) is 3. The third-order valence-corrected chi connectivity index (χ3v) is 3.37. The second-order valence-corrected chi connectivity index (χ2v) is 4.56. The summed E-state index contributed by atoms with van der Waals surface area (Å²) in [6.45, 7) is 0. The average molecular weight is 243 g/mol. The van der Waals surface area contributed by atoms with Crippen LogP contribution in [0, 0.1) is 0 Å². The Kier molecular flexibility index (Phi) is 2.38. The van der Waals surface area contributed by atoms with Gasteiger partial charge in [-0.25, -0.2) is 0 Å². The predicted molar refractivity (Wildman–Crippen MR) is 68.4 cm³/mol. The van der Waals surface area contributed by atoms with Crippen LogP contribution in [0.15, 0.2) is 42.0 Å². The van der Waals surface area contributed by atoms with Gasteiger partial charge in [-0.15, -0.1) is 11.3 Å². The van der Waals surface area contributed by atoms with Crippen molar-refractivity contribution >= 4 is 33.0 Å². The van der Waals surface area contributed by atoms with Crippen LogP contribution in [0.4, 0.5) is 5.69 Å². The fourth-order valence-corrected chi connectivity index (χ4v) is 2.39.